The highest BCUT2D eigenvalue weighted by molar-refractivity contribution is 14.1. The summed E-state index contributed by atoms with van der Waals surface area (Å²) >= 11 is 5.95. The maximum Gasteiger partial charge on any atom is 0.337 e. The predicted molar refractivity (Wildman–Crippen MR) is 105 cm³/mol. The van der Waals surface area contributed by atoms with Crippen molar-refractivity contribution in [2.24, 2.45) is 0 Å². The second-order valence-electron chi connectivity index (χ2n) is 4.41. The van der Waals surface area contributed by atoms with Crippen molar-refractivity contribution in [3.8, 4) is 0 Å². The van der Waals surface area contributed by atoms with E-state index in [2.05, 4.69) is 22.6 Å². The molecule has 5 nitrogen and oxygen atoms in total. The van der Waals surface area contributed by atoms with Crippen LogP contribution in [0.5, 0.6) is 0 Å². The Hall–Kier alpha value is 0.0200. The van der Waals surface area contributed by atoms with E-state index in [0.29, 0.717) is 18.4 Å². The Morgan fingerprint density at radius 3 is 1.95 bits per heavy atom. The van der Waals surface area contributed by atoms with Gasteiger partial charge in [0, 0.05) is 27.5 Å². The van der Waals surface area contributed by atoms with Crippen molar-refractivity contribution >= 4 is 91.1 Å². The number of amides is 1. The number of halogens is 3. The molecule has 1 aromatic carbocycles. The minimum Gasteiger partial charge on any atom is -0.478 e. The predicted octanol–water partition coefficient (Wildman–Crippen LogP) is 3.31. The molecule has 1 amide bonds. The fraction of sp³-hybridized carbons (Fsp3) is 0.308. The SMILES string of the molecule is CC(=O)Cc1c(I)c(C(=O)O)c(I)c(N(C)C(C)=O)c1I. The van der Waals surface area contributed by atoms with Crippen LogP contribution in [0.4, 0.5) is 5.69 Å². The van der Waals surface area contributed by atoms with Crippen molar-refractivity contribution in [2.45, 2.75) is 20.3 Å². The first-order valence-electron chi connectivity index (χ1n) is 5.75. The molecule has 0 aliphatic rings. The molecule has 8 heteroatoms. The molecule has 0 unspecified atom stereocenters. The number of carbonyl (C=O) groups excluding carboxylic acids is 2. The van der Waals surface area contributed by atoms with Gasteiger partial charge in [0.25, 0.3) is 0 Å². The highest BCUT2D eigenvalue weighted by Crippen LogP contribution is 2.37. The maximum atomic E-state index is 11.7. The zero-order valence-electron chi connectivity index (χ0n) is 11.5. The highest BCUT2D eigenvalue weighted by Gasteiger charge is 2.27. The molecule has 114 valence electrons. The van der Waals surface area contributed by atoms with E-state index in [1.165, 1.54) is 18.7 Å². The molecule has 0 atom stereocenters. The number of carboxylic acids is 1. The second kappa shape index (κ2) is 7.53. The Kier molecular flexibility index (Phi) is 6.83. The first kappa shape index (κ1) is 19.1. The second-order valence-corrected chi connectivity index (χ2v) is 7.64. The number of ketones is 1. The van der Waals surface area contributed by atoms with Gasteiger partial charge in [-0.1, -0.05) is 0 Å². The Labute approximate surface area is 163 Å². The molecule has 0 aromatic heterocycles. The minimum atomic E-state index is -1.07. The monoisotopic (exact) mass is 627 g/mol. The minimum absolute atomic E-state index is 0.0557. The molecule has 0 aliphatic heterocycles. The summed E-state index contributed by atoms with van der Waals surface area (Å²) in [5, 5.41) is 9.44. The van der Waals surface area contributed by atoms with Crippen molar-refractivity contribution in [1.29, 1.82) is 0 Å². The van der Waals surface area contributed by atoms with Crippen molar-refractivity contribution in [2.75, 3.05) is 11.9 Å². The number of rotatable bonds is 4. The van der Waals surface area contributed by atoms with Crippen molar-refractivity contribution in [3.05, 3.63) is 21.8 Å². The van der Waals surface area contributed by atoms with Crippen LogP contribution in [0.25, 0.3) is 0 Å². The molecule has 1 rings (SSSR count). The lowest BCUT2D eigenvalue weighted by Gasteiger charge is -2.23. The van der Waals surface area contributed by atoms with E-state index in [1.54, 1.807) is 7.05 Å². The zero-order valence-corrected chi connectivity index (χ0v) is 17.9. The molecule has 1 N–H and O–H groups in total. The topological polar surface area (TPSA) is 74.7 Å². The molecule has 0 saturated heterocycles. The summed E-state index contributed by atoms with van der Waals surface area (Å²) in [7, 11) is 1.60. The van der Waals surface area contributed by atoms with Crippen LogP contribution in [0, 0.1) is 10.7 Å². The number of Topliss-reactive ketones (excluding diaryl/α,β-unsaturated/α-hetero) is 1. The molecule has 0 bridgehead atoms. The smallest absolute Gasteiger partial charge is 0.337 e. The van der Waals surface area contributed by atoms with Gasteiger partial charge in [-0.05, 0) is 80.3 Å². The standard InChI is InChI=1S/C13H12I3NO4/c1-5(18)4-7-9(14)8(13(20)21)11(16)12(10(7)15)17(3)6(2)19/h4H2,1-3H3,(H,20,21). The summed E-state index contributed by atoms with van der Waals surface area (Å²) in [6, 6.07) is 0. The van der Waals surface area contributed by atoms with Crippen LogP contribution in [-0.2, 0) is 16.0 Å². The third-order valence-corrected chi connectivity index (χ3v) is 6.23. The fourth-order valence-electron chi connectivity index (χ4n) is 1.75. The van der Waals surface area contributed by atoms with Gasteiger partial charge in [0.15, 0.2) is 0 Å². The van der Waals surface area contributed by atoms with E-state index in [-0.39, 0.29) is 23.7 Å². The largest absolute Gasteiger partial charge is 0.478 e. The molecule has 0 fully saturated rings. The highest BCUT2D eigenvalue weighted by atomic mass is 127. The molecule has 1 aromatic rings. The van der Waals surface area contributed by atoms with Gasteiger partial charge in [-0.2, -0.15) is 0 Å². The van der Waals surface area contributed by atoms with Crippen LogP contribution in [-0.4, -0.2) is 29.8 Å². The Balaban J connectivity index is 3.79. The first-order chi connectivity index (χ1) is 9.59. The number of carbonyl (C=O) groups is 3. The van der Waals surface area contributed by atoms with Gasteiger partial charge in [0.2, 0.25) is 5.91 Å². The van der Waals surface area contributed by atoms with Crippen LogP contribution in [0.1, 0.15) is 29.8 Å². The number of benzene rings is 1. The third kappa shape index (κ3) is 4.06. The quantitative estimate of drug-likeness (QED) is 0.521. The number of nitrogens with zero attached hydrogens (tertiary/aromatic N) is 1. The molecular weight excluding hydrogens is 615 g/mol. The normalized spacial score (nSPS) is 10.4. The van der Waals surface area contributed by atoms with Crippen LogP contribution in [0.3, 0.4) is 0 Å². The van der Waals surface area contributed by atoms with E-state index in [0.717, 1.165) is 3.57 Å². The number of carboxylic acid groups (broad SMARTS) is 1. The molecule has 0 radical (unpaired) electrons. The lowest BCUT2D eigenvalue weighted by molar-refractivity contribution is -0.117. The van der Waals surface area contributed by atoms with Crippen LogP contribution in [0.15, 0.2) is 0 Å². The summed E-state index contributed by atoms with van der Waals surface area (Å²) in [4.78, 5) is 36.1. The third-order valence-electron chi connectivity index (χ3n) is 2.83. The fourth-order valence-corrected chi connectivity index (χ4v) is 6.48. The molecule has 0 saturated carbocycles. The summed E-state index contributed by atoms with van der Waals surface area (Å²) in [6.45, 7) is 2.87. The molecule has 0 heterocycles. The van der Waals surface area contributed by atoms with E-state index < -0.39 is 5.97 Å². The van der Waals surface area contributed by atoms with Crippen molar-refractivity contribution in [1.82, 2.24) is 0 Å². The molecular formula is C13H12I3NO4. The number of hydrogen-bond donors (Lipinski definition) is 1. The Morgan fingerprint density at radius 1 is 1.05 bits per heavy atom. The van der Waals surface area contributed by atoms with E-state index in [4.69, 9.17) is 0 Å². The lowest BCUT2D eigenvalue weighted by Crippen LogP contribution is -2.27. The number of anilines is 1. The van der Waals surface area contributed by atoms with Crippen LogP contribution in [0.2, 0.25) is 0 Å². The summed E-state index contributed by atoms with van der Waals surface area (Å²) in [6.07, 6.45) is 0.145. The average molecular weight is 627 g/mol. The average Bonchev–Trinajstić information content (AvgIpc) is 2.33. The van der Waals surface area contributed by atoms with E-state index >= 15 is 0 Å². The van der Waals surface area contributed by atoms with Gasteiger partial charge in [0.05, 0.1) is 14.8 Å². The van der Waals surface area contributed by atoms with Gasteiger partial charge in [0.1, 0.15) is 5.78 Å². The zero-order chi connectivity index (χ0) is 16.5. The van der Waals surface area contributed by atoms with Gasteiger partial charge in [-0.15, -0.1) is 0 Å². The van der Waals surface area contributed by atoms with Gasteiger partial charge >= 0.3 is 5.97 Å². The molecule has 0 aliphatic carbocycles. The van der Waals surface area contributed by atoms with Gasteiger partial charge < -0.3 is 10.0 Å². The molecule has 21 heavy (non-hydrogen) atoms. The maximum absolute atomic E-state index is 11.7. The van der Waals surface area contributed by atoms with Crippen molar-refractivity contribution < 1.29 is 19.5 Å². The van der Waals surface area contributed by atoms with Gasteiger partial charge in [-0.25, -0.2) is 4.79 Å². The number of hydrogen-bond acceptors (Lipinski definition) is 3. The van der Waals surface area contributed by atoms with Gasteiger partial charge in [-0.3, -0.25) is 9.59 Å². The van der Waals surface area contributed by atoms with Crippen LogP contribution < -0.4 is 4.90 Å². The summed E-state index contributed by atoms with van der Waals surface area (Å²) in [5.74, 6) is -1.32. The summed E-state index contributed by atoms with van der Waals surface area (Å²) < 4.78 is 1.78. The van der Waals surface area contributed by atoms with Crippen molar-refractivity contribution in [3.63, 3.8) is 0 Å². The van der Waals surface area contributed by atoms with E-state index in [9.17, 15) is 19.5 Å². The summed E-state index contributed by atoms with van der Waals surface area (Å²) in [5.41, 5.74) is 1.33. The Bertz CT molecular complexity index is 643. The number of aromatic carboxylic acids is 1. The van der Waals surface area contributed by atoms with Crippen LogP contribution >= 0.6 is 67.8 Å². The molecule has 0 spiro atoms. The lowest BCUT2D eigenvalue weighted by atomic mass is 10.0. The first-order valence-corrected chi connectivity index (χ1v) is 8.99. The Morgan fingerprint density at radius 2 is 1.57 bits per heavy atom. The van der Waals surface area contributed by atoms with E-state index in [1.807, 2.05) is 45.2 Å².